The quantitative estimate of drug-likeness (QED) is 0.566. The van der Waals surface area contributed by atoms with Crippen LogP contribution in [-0.4, -0.2) is 12.5 Å². The summed E-state index contributed by atoms with van der Waals surface area (Å²) in [4.78, 5) is 12.5. The van der Waals surface area contributed by atoms with Gasteiger partial charge in [0.15, 0.2) is 0 Å². The Labute approximate surface area is 170 Å². The van der Waals surface area contributed by atoms with Gasteiger partial charge in [0.2, 0.25) is 0 Å². The monoisotopic (exact) mass is 395 g/mol. The number of amides is 1. The van der Waals surface area contributed by atoms with Crippen LogP contribution in [0.5, 0.6) is 11.5 Å². The third-order valence-electron chi connectivity index (χ3n) is 4.13. The van der Waals surface area contributed by atoms with Crippen molar-refractivity contribution in [2.45, 2.75) is 20.1 Å². The van der Waals surface area contributed by atoms with Crippen LogP contribution >= 0.6 is 11.6 Å². The Bertz CT molecular complexity index is 911. The smallest absolute Gasteiger partial charge is 0.251 e. The average molecular weight is 396 g/mol. The lowest BCUT2D eigenvalue weighted by Crippen LogP contribution is -2.23. The molecule has 3 aromatic rings. The van der Waals surface area contributed by atoms with Gasteiger partial charge in [-0.05, 0) is 55.0 Å². The summed E-state index contributed by atoms with van der Waals surface area (Å²) < 4.78 is 11.5. The van der Waals surface area contributed by atoms with E-state index in [2.05, 4.69) is 5.32 Å². The van der Waals surface area contributed by atoms with E-state index in [1.54, 1.807) is 36.4 Å². The van der Waals surface area contributed by atoms with Gasteiger partial charge in [-0.15, -0.1) is 0 Å². The van der Waals surface area contributed by atoms with Gasteiger partial charge in [0.1, 0.15) is 18.1 Å². The third-order valence-corrected chi connectivity index (χ3v) is 4.38. The third kappa shape index (κ3) is 5.51. The Morgan fingerprint density at radius 2 is 1.71 bits per heavy atom. The van der Waals surface area contributed by atoms with Crippen LogP contribution in [0.25, 0.3) is 0 Å². The normalized spacial score (nSPS) is 10.4. The lowest BCUT2D eigenvalue weighted by Gasteiger charge is -2.13. The van der Waals surface area contributed by atoms with Crippen molar-refractivity contribution in [1.29, 1.82) is 0 Å². The van der Waals surface area contributed by atoms with Crippen molar-refractivity contribution in [2.75, 3.05) is 6.61 Å². The number of carbonyl (C=O) groups excluding carboxylic acids is 1. The molecular formula is C23H22ClNO3. The first-order valence-corrected chi connectivity index (χ1v) is 9.49. The van der Waals surface area contributed by atoms with E-state index in [-0.39, 0.29) is 12.5 Å². The number of rotatable bonds is 8. The van der Waals surface area contributed by atoms with E-state index in [4.69, 9.17) is 21.1 Å². The number of benzene rings is 3. The molecule has 3 aromatic carbocycles. The summed E-state index contributed by atoms with van der Waals surface area (Å²) in [6.07, 6.45) is 0. The maximum absolute atomic E-state index is 12.5. The van der Waals surface area contributed by atoms with Crippen LogP contribution in [0.3, 0.4) is 0 Å². The summed E-state index contributed by atoms with van der Waals surface area (Å²) >= 11 is 5.90. The van der Waals surface area contributed by atoms with E-state index in [1.165, 1.54) is 0 Å². The van der Waals surface area contributed by atoms with E-state index < -0.39 is 0 Å². The van der Waals surface area contributed by atoms with E-state index in [0.717, 1.165) is 11.1 Å². The van der Waals surface area contributed by atoms with Crippen molar-refractivity contribution in [3.05, 3.63) is 94.5 Å². The number of ether oxygens (including phenoxy) is 2. The number of carbonyl (C=O) groups is 1. The number of hydrogen-bond donors (Lipinski definition) is 1. The fourth-order valence-corrected chi connectivity index (χ4v) is 2.83. The highest BCUT2D eigenvalue weighted by molar-refractivity contribution is 6.30. The minimum Gasteiger partial charge on any atom is -0.493 e. The lowest BCUT2D eigenvalue weighted by molar-refractivity contribution is 0.0950. The van der Waals surface area contributed by atoms with Crippen molar-refractivity contribution in [3.8, 4) is 11.5 Å². The standard InChI is InChI=1S/C23H22ClNO3/c1-2-27-22-13-8-18(23(26)25-15-17-6-4-3-5-7-17)14-19(22)16-28-21-11-9-20(24)10-12-21/h3-14H,2,15-16H2,1H3,(H,25,26). The van der Waals surface area contributed by atoms with Crippen LogP contribution in [-0.2, 0) is 13.2 Å². The first-order valence-electron chi connectivity index (χ1n) is 9.12. The van der Waals surface area contributed by atoms with Gasteiger partial charge in [0, 0.05) is 22.7 Å². The minimum atomic E-state index is -0.139. The fraction of sp³-hybridized carbons (Fsp3) is 0.174. The largest absolute Gasteiger partial charge is 0.493 e. The van der Waals surface area contributed by atoms with Crippen LogP contribution in [0.1, 0.15) is 28.4 Å². The molecule has 1 N–H and O–H groups in total. The highest BCUT2D eigenvalue weighted by atomic mass is 35.5. The summed E-state index contributed by atoms with van der Waals surface area (Å²) in [6.45, 7) is 3.22. The van der Waals surface area contributed by atoms with E-state index >= 15 is 0 Å². The molecule has 0 bridgehead atoms. The molecule has 0 radical (unpaired) electrons. The van der Waals surface area contributed by atoms with Crippen LogP contribution in [0.4, 0.5) is 0 Å². The van der Waals surface area contributed by atoms with Crippen molar-refractivity contribution >= 4 is 17.5 Å². The molecule has 0 unspecified atom stereocenters. The second kappa shape index (κ2) is 9.81. The van der Waals surface area contributed by atoms with Crippen molar-refractivity contribution in [1.82, 2.24) is 5.32 Å². The number of halogens is 1. The topological polar surface area (TPSA) is 47.6 Å². The molecule has 0 aliphatic carbocycles. The van der Waals surface area contributed by atoms with Gasteiger partial charge in [-0.25, -0.2) is 0 Å². The van der Waals surface area contributed by atoms with E-state index in [0.29, 0.717) is 35.2 Å². The van der Waals surface area contributed by atoms with Gasteiger partial charge in [0.05, 0.1) is 6.61 Å². The molecule has 144 valence electrons. The average Bonchev–Trinajstić information content (AvgIpc) is 2.73. The van der Waals surface area contributed by atoms with Gasteiger partial charge in [-0.3, -0.25) is 4.79 Å². The van der Waals surface area contributed by atoms with Gasteiger partial charge in [-0.1, -0.05) is 41.9 Å². The molecule has 1 amide bonds. The Balaban J connectivity index is 1.70. The fourth-order valence-electron chi connectivity index (χ4n) is 2.70. The Morgan fingerprint density at radius 3 is 2.43 bits per heavy atom. The zero-order chi connectivity index (χ0) is 19.8. The van der Waals surface area contributed by atoms with Crippen LogP contribution in [0, 0.1) is 0 Å². The molecule has 28 heavy (non-hydrogen) atoms. The first kappa shape index (κ1) is 19.8. The maximum atomic E-state index is 12.5. The second-order valence-electron chi connectivity index (χ2n) is 6.17. The zero-order valence-electron chi connectivity index (χ0n) is 15.7. The van der Waals surface area contributed by atoms with E-state index in [1.807, 2.05) is 43.3 Å². The molecule has 5 heteroatoms. The molecule has 0 spiro atoms. The first-order chi connectivity index (χ1) is 13.7. The molecule has 0 heterocycles. The SMILES string of the molecule is CCOc1ccc(C(=O)NCc2ccccc2)cc1COc1ccc(Cl)cc1. The van der Waals surface area contributed by atoms with Crippen molar-refractivity contribution in [3.63, 3.8) is 0 Å². The molecule has 0 saturated carbocycles. The van der Waals surface area contributed by atoms with Gasteiger partial charge in [-0.2, -0.15) is 0 Å². The second-order valence-corrected chi connectivity index (χ2v) is 6.60. The van der Waals surface area contributed by atoms with Gasteiger partial charge in [0.25, 0.3) is 5.91 Å². The summed E-state index contributed by atoms with van der Waals surface area (Å²) in [7, 11) is 0. The van der Waals surface area contributed by atoms with Crippen LogP contribution in [0.15, 0.2) is 72.8 Å². The molecule has 0 fully saturated rings. The molecule has 4 nitrogen and oxygen atoms in total. The number of nitrogens with one attached hydrogen (secondary N) is 1. The predicted molar refractivity (Wildman–Crippen MR) is 111 cm³/mol. The maximum Gasteiger partial charge on any atom is 0.251 e. The molecule has 0 aliphatic rings. The highest BCUT2D eigenvalue weighted by Gasteiger charge is 2.11. The van der Waals surface area contributed by atoms with Crippen LogP contribution < -0.4 is 14.8 Å². The van der Waals surface area contributed by atoms with Gasteiger partial charge < -0.3 is 14.8 Å². The van der Waals surface area contributed by atoms with Crippen molar-refractivity contribution < 1.29 is 14.3 Å². The summed E-state index contributed by atoms with van der Waals surface area (Å²) in [5.41, 5.74) is 2.42. The molecule has 0 saturated heterocycles. The molecule has 3 rings (SSSR count). The Morgan fingerprint density at radius 1 is 0.964 bits per heavy atom. The summed E-state index contributed by atoms with van der Waals surface area (Å²) in [5.74, 6) is 1.27. The highest BCUT2D eigenvalue weighted by Crippen LogP contribution is 2.23. The number of hydrogen-bond acceptors (Lipinski definition) is 3. The lowest BCUT2D eigenvalue weighted by atomic mass is 10.1. The Kier molecular flexibility index (Phi) is 6.93. The Hall–Kier alpha value is -2.98. The zero-order valence-corrected chi connectivity index (χ0v) is 16.4. The minimum absolute atomic E-state index is 0.139. The molecule has 0 atom stereocenters. The molecular weight excluding hydrogens is 374 g/mol. The summed E-state index contributed by atoms with van der Waals surface area (Å²) in [6, 6.07) is 22.3. The predicted octanol–water partition coefficient (Wildman–Crippen LogP) is 5.25. The van der Waals surface area contributed by atoms with E-state index in [9.17, 15) is 4.79 Å². The molecule has 0 aliphatic heterocycles. The summed E-state index contributed by atoms with van der Waals surface area (Å²) in [5, 5.41) is 3.59. The van der Waals surface area contributed by atoms with Gasteiger partial charge >= 0.3 is 0 Å². The van der Waals surface area contributed by atoms with Crippen molar-refractivity contribution in [2.24, 2.45) is 0 Å². The van der Waals surface area contributed by atoms with Crippen LogP contribution in [0.2, 0.25) is 5.02 Å². The molecule has 0 aromatic heterocycles.